The van der Waals surface area contributed by atoms with Gasteiger partial charge in [-0.25, -0.2) is 0 Å². The first kappa shape index (κ1) is 11.9. The Kier molecular flexibility index (Phi) is 4.81. The maximum Gasteiger partial charge on any atom is 0.0661 e. The van der Waals surface area contributed by atoms with Gasteiger partial charge in [0.15, 0.2) is 0 Å². The third-order valence-corrected chi connectivity index (χ3v) is 2.97. The highest BCUT2D eigenvalue weighted by Crippen LogP contribution is 2.19. The maximum absolute atomic E-state index is 8.90. The van der Waals surface area contributed by atoms with E-state index in [1.54, 1.807) is 0 Å². The number of rotatable bonds is 6. The minimum absolute atomic E-state index is 0.0458. The van der Waals surface area contributed by atoms with Crippen molar-refractivity contribution in [2.45, 2.75) is 37.8 Å². The summed E-state index contributed by atoms with van der Waals surface area (Å²) in [5.41, 5.74) is 5.72. The molecule has 84 valence electrons. The van der Waals surface area contributed by atoms with Crippen LogP contribution < -0.4 is 11.1 Å². The average Bonchev–Trinajstić information content (AvgIpc) is 2.66. The molecule has 2 atom stereocenters. The highest BCUT2D eigenvalue weighted by atomic mass is 16.5. The summed E-state index contributed by atoms with van der Waals surface area (Å²) in [4.78, 5) is 0. The molecule has 1 fully saturated rings. The van der Waals surface area contributed by atoms with Gasteiger partial charge in [0.25, 0.3) is 0 Å². The van der Waals surface area contributed by atoms with E-state index in [1.807, 2.05) is 0 Å². The van der Waals surface area contributed by atoms with E-state index in [9.17, 15) is 0 Å². The Balaban J connectivity index is 2.44. The van der Waals surface area contributed by atoms with Gasteiger partial charge in [0, 0.05) is 25.8 Å². The number of nitrogens with one attached hydrogen (secondary N) is 1. The second-order valence-electron chi connectivity index (χ2n) is 4.05. The van der Waals surface area contributed by atoms with Gasteiger partial charge in [-0.05, 0) is 19.3 Å². The van der Waals surface area contributed by atoms with Gasteiger partial charge < -0.3 is 20.9 Å². The van der Waals surface area contributed by atoms with Gasteiger partial charge in [-0.15, -0.1) is 0 Å². The predicted molar refractivity (Wildman–Crippen MR) is 56.1 cm³/mol. The predicted octanol–water partition coefficient (Wildman–Crippen LogP) is -0.145. The first-order valence-corrected chi connectivity index (χ1v) is 5.42. The van der Waals surface area contributed by atoms with Crippen LogP contribution in [0.4, 0.5) is 0 Å². The van der Waals surface area contributed by atoms with Crippen LogP contribution in [0.5, 0.6) is 0 Å². The summed E-state index contributed by atoms with van der Waals surface area (Å²) in [5, 5.41) is 12.4. The van der Waals surface area contributed by atoms with Crippen LogP contribution in [0, 0.1) is 0 Å². The molecule has 0 aromatic carbocycles. The molecule has 4 heteroatoms. The largest absolute Gasteiger partial charge is 0.396 e. The summed E-state index contributed by atoms with van der Waals surface area (Å²) < 4.78 is 5.37. The van der Waals surface area contributed by atoms with Crippen molar-refractivity contribution in [3.63, 3.8) is 0 Å². The number of aliphatic hydroxyl groups excluding tert-OH is 1. The molecule has 0 spiro atoms. The molecular weight excluding hydrogens is 180 g/mol. The summed E-state index contributed by atoms with van der Waals surface area (Å²) in [6.07, 6.45) is 2.78. The lowest BCUT2D eigenvalue weighted by atomic mass is 9.96. The standard InChI is InChI=1S/C10H22N2O2/c1-2-9(3-5-13)12-10(7-11)4-6-14-8-10/h9,12-13H,2-8,11H2,1H3. The fourth-order valence-electron chi connectivity index (χ4n) is 1.91. The molecule has 0 amide bonds. The summed E-state index contributed by atoms with van der Waals surface area (Å²) in [7, 11) is 0. The summed E-state index contributed by atoms with van der Waals surface area (Å²) in [5.74, 6) is 0. The van der Waals surface area contributed by atoms with E-state index in [1.165, 1.54) is 0 Å². The SMILES string of the molecule is CCC(CCO)NC1(CN)CCOC1. The zero-order valence-electron chi connectivity index (χ0n) is 8.96. The van der Waals surface area contributed by atoms with Crippen molar-refractivity contribution in [2.75, 3.05) is 26.4 Å². The van der Waals surface area contributed by atoms with Crippen molar-refractivity contribution >= 4 is 0 Å². The lowest BCUT2D eigenvalue weighted by Crippen LogP contribution is -2.55. The van der Waals surface area contributed by atoms with E-state index in [2.05, 4.69) is 12.2 Å². The third-order valence-electron chi connectivity index (χ3n) is 2.97. The quantitative estimate of drug-likeness (QED) is 0.560. The normalized spacial score (nSPS) is 29.4. The molecule has 1 rings (SSSR count). The molecule has 4 N–H and O–H groups in total. The molecule has 0 aromatic rings. The second kappa shape index (κ2) is 5.66. The Hall–Kier alpha value is -0.160. The molecule has 1 aliphatic heterocycles. The molecule has 2 unspecified atom stereocenters. The van der Waals surface area contributed by atoms with E-state index in [4.69, 9.17) is 15.6 Å². The number of hydrogen-bond donors (Lipinski definition) is 3. The molecule has 14 heavy (non-hydrogen) atoms. The van der Waals surface area contributed by atoms with Crippen LogP contribution in [-0.4, -0.2) is 43.1 Å². The van der Waals surface area contributed by atoms with Crippen LogP contribution in [0.1, 0.15) is 26.2 Å². The maximum atomic E-state index is 8.90. The van der Waals surface area contributed by atoms with Crippen LogP contribution in [0.25, 0.3) is 0 Å². The Morgan fingerprint density at radius 3 is 2.86 bits per heavy atom. The lowest BCUT2D eigenvalue weighted by molar-refractivity contribution is 0.157. The molecule has 0 bridgehead atoms. The van der Waals surface area contributed by atoms with Gasteiger partial charge in [-0.3, -0.25) is 0 Å². The van der Waals surface area contributed by atoms with Gasteiger partial charge in [0.2, 0.25) is 0 Å². The van der Waals surface area contributed by atoms with E-state index >= 15 is 0 Å². The van der Waals surface area contributed by atoms with Crippen molar-refractivity contribution in [1.29, 1.82) is 0 Å². The van der Waals surface area contributed by atoms with Gasteiger partial charge in [0.05, 0.1) is 12.1 Å². The molecule has 0 saturated carbocycles. The molecule has 0 radical (unpaired) electrons. The molecule has 1 saturated heterocycles. The highest BCUT2D eigenvalue weighted by molar-refractivity contribution is 4.94. The average molecular weight is 202 g/mol. The van der Waals surface area contributed by atoms with Gasteiger partial charge in [-0.1, -0.05) is 6.92 Å². The Morgan fingerprint density at radius 1 is 1.64 bits per heavy atom. The smallest absolute Gasteiger partial charge is 0.0661 e. The molecule has 1 aliphatic rings. The van der Waals surface area contributed by atoms with E-state index in [0.29, 0.717) is 19.2 Å². The number of aliphatic hydroxyl groups is 1. The van der Waals surface area contributed by atoms with Gasteiger partial charge in [0.1, 0.15) is 0 Å². The molecule has 0 aliphatic carbocycles. The molecule has 4 nitrogen and oxygen atoms in total. The monoisotopic (exact) mass is 202 g/mol. The van der Waals surface area contributed by atoms with Crippen molar-refractivity contribution in [2.24, 2.45) is 5.73 Å². The molecular formula is C10H22N2O2. The van der Waals surface area contributed by atoms with Crippen molar-refractivity contribution < 1.29 is 9.84 Å². The van der Waals surface area contributed by atoms with E-state index in [-0.39, 0.29) is 12.1 Å². The first-order chi connectivity index (χ1) is 6.76. The summed E-state index contributed by atoms with van der Waals surface area (Å²) in [6.45, 7) is 4.44. The zero-order chi connectivity index (χ0) is 10.4. The Morgan fingerprint density at radius 2 is 2.43 bits per heavy atom. The van der Waals surface area contributed by atoms with Gasteiger partial charge in [-0.2, -0.15) is 0 Å². The van der Waals surface area contributed by atoms with Crippen LogP contribution in [-0.2, 0) is 4.74 Å². The number of hydrogen-bond acceptors (Lipinski definition) is 4. The van der Waals surface area contributed by atoms with E-state index in [0.717, 1.165) is 25.9 Å². The highest BCUT2D eigenvalue weighted by Gasteiger charge is 2.34. The summed E-state index contributed by atoms with van der Waals surface area (Å²) >= 11 is 0. The van der Waals surface area contributed by atoms with Crippen LogP contribution in [0.3, 0.4) is 0 Å². The van der Waals surface area contributed by atoms with E-state index < -0.39 is 0 Å². The second-order valence-corrected chi connectivity index (χ2v) is 4.05. The minimum atomic E-state index is -0.0458. The van der Waals surface area contributed by atoms with Crippen molar-refractivity contribution in [3.05, 3.63) is 0 Å². The third kappa shape index (κ3) is 2.92. The fraction of sp³-hybridized carbons (Fsp3) is 1.00. The topological polar surface area (TPSA) is 67.5 Å². The fourth-order valence-corrected chi connectivity index (χ4v) is 1.91. The minimum Gasteiger partial charge on any atom is -0.396 e. The van der Waals surface area contributed by atoms with Crippen LogP contribution in [0.15, 0.2) is 0 Å². The lowest BCUT2D eigenvalue weighted by Gasteiger charge is -2.32. The summed E-state index contributed by atoms with van der Waals surface area (Å²) in [6, 6.07) is 0.352. The molecule has 1 heterocycles. The van der Waals surface area contributed by atoms with Crippen molar-refractivity contribution in [1.82, 2.24) is 5.32 Å². The Labute approximate surface area is 85.8 Å². The number of nitrogens with two attached hydrogens (primary N) is 1. The number of ether oxygens (including phenoxy) is 1. The Bertz CT molecular complexity index is 158. The van der Waals surface area contributed by atoms with Gasteiger partial charge >= 0.3 is 0 Å². The first-order valence-electron chi connectivity index (χ1n) is 5.42. The zero-order valence-corrected chi connectivity index (χ0v) is 8.96. The molecule has 0 aromatic heterocycles. The van der Waals surface area contributed by atoms with Crippen molar-refractivity contribution in [3.8, 4) is 0 Å². The van der Waals surface area contributed by atoms with Crippen LogP contribution >= 0.6 is 0 Å². The van der Waals surface area contributed by atoms with Crippen LogP contribution in [0.2, 0.25) is 0 Å².